The van der Waals surface area contributed by atoms with Gasteiger partial charge in [0.15, 0.2) is 0 Å². The molecule has 130 valence electrons. The van der Waals surface area contributed by atoms with Crippen molar-refractivity contribution < 1.29 is 4.74 Å². The molecule has 0 radical (unpaired) electrons. The first kappa shape index (κ1) is 16.4. The number of aromatic nitrogens is 2. The fraction of sp³-hybridized carbons (Fsp3) is 0. The van der Waals surface area contributed by atoms with Crippen molar-refractivity contribution >= 4 is 5.82 Å². The maximum atomic E-state index is 9.61. The van der Waals surface area contributed by atoms with Crippen molar-refractivity contribution in [1.82, 2.24) is 9.78 Å². The number of nitriles is 1. The molecule has 3 aromatic carbocycles. The minimum atomic E-state index is 0.313. The van der Waals surface area contributed by atoms with Crippen LogP contribution in [0.1, 0.15) is 5.56 Å². The summed E-state index contributed by atoms with van der Waals surface area (Å²) in [4.78, 5) is 0. The van der Waals surface area contributed by atoms with E-state index in [1.165, 1.54) is 0 Å². The van der Waals surface area contributed by atoms with Crippen LogP contribution in [0.5, 0.6) is 11.5 Å². The fourth-order valence-corrected chi connectivity index (χ4v) is 2.84. The van der Waals surface area contributed by atoms with Gasteiger partial charge in [-0.25, -0.2) is 4.68 Å². The molecule has 0 saturated heterocycles. The summed E-state index contributed by atoms with van der Waals surface area (Å²) in [5.74, 6) is 1.72. The third-order valence-electron chi connectivity index (χ3n) is 4.12. The number of hydrogen-bond donors (Lipinski definition) is 1. The van der Waals surface area contributed by atoms with Crippen molar-refractivity contribution in [2.75, 3.05) is 5.73 Å². The van der Waals surface area contributed by atoms with Crippen molar-refractivity contribution in [3.8, 4) is 34.5 Å². The van der Waals surface area contributed by atoms with E-state index in [0.29, 0.717) is 22.8 Å². The highest BCUT2D eigenvalue weighted by Gasteiger charge is 2.18. The van der Waals surface area contributed by atoms with Crippen LogP contribution in [-0.2, 0) is 0 Å². The maximum Gasteiger partial charge on any atom is 0.145 e. The first-order valence-corrected chi connectivity index (χ1v) is 8.43. The number of para-hydroxylation sites is 2. The van der Waals surface area contributed by atoms with E-state index in [4.69, 9.17) is 10.5 Å². The molecule has 1 heterocycles. The smallest absolute Gasteiger partial charge is 0.145 e. The summed E-state index contributed by atoms with van der Waals surface area (Å²) in [6, 6.07) is 28.7. The largest absolute Gasteiger partial charge is 0.457 e. The average Bonchev–Trinajstić information content (AvgIpc) is 3.06. The molecule has 0 fully saturated rings. The number of hydrogen-bond acceptors (Lipinski definition) is 4. The quantitative estimate of drug-likeness (QED) is 0.573. The molecule has 5 heteroatoms. The van der Waals surface area contributed by atoms with Gasteiger partial charge in [0.25, 0.3) is 0 Å². The Bertz CT molecular complexity index is 1110. The lowest BCUT2D eigenvalue weighted by molar-refractivity contribution is 0.483. The monoisotopic (exact) mass is 352 g/mol. The van der Waals surface area contributed by atoms with E-state index in [0.717, 1.165) is 17.0 Å². The highest BCUT2D eigenvalue weighted by molar-refractivity contribution is 5.74. The van der Waals surface area contributed by atoms with Gasteiger partial charge in [0.2, 0.25) is 0 Å². The maximum absolute atomic E-state index is 9.61. The molecule has 0 unspecified atom stereocenters. The van der Waals surface area contributed by atoms with Crippen LogP contribution in [0.4, 0.5) is 5.82 Å². The SMILES string of the molecule is N#Cc1c(-c2cccc(Oc3ccccc3)c2)nn(-c2ccccc2)c1N. The molecule has 27 heavy (non-hydrogen) atoms. The number of benzene rings is 3. The van der Waals surface area contributed by atoms with Gasteiger partial charge in [-0.1, -0.05) is 48.5 Å². The summed E-state index contributed by atoms with van der Waals surface area (Å²) >= 11 is 0. The van der Waals surface area contributed by atoms with Gasteiger partial charge in [-0.2, -0.15) is 10.4 Å². The van der Waals surface area contributed by atoms with Gasteiger partial charge >= 0.3 is 0 Å². The summed E-state index contributed by atoms with van der Waals surface area (Å²) in [6.45, 7) is 0. The summed E-state index contributed by atoms with van der Waals surface area (Å²) in [7, 11) is 0. The second-order valence-corrected chi connectivity index (χ2v) is 5.91. The van der Waals surface area contributed by atoms with Gasteiger partial charge in [0.1, 0.15) is 34.6 Å². The first-order valence-electron chi connectivity index (χ1n) is 8.43. The zero-order valence-corrected chi connectivity index (χ0v) is 14.4. The lowest BCUT2D eigenvalue weighted by atomic mass is 10.1. The van der Waals surface area contributed by atoms with Crippen LogP contribution in [0.2, 0.25) is 0 Å². The molecule has 0 bridgehead atoms. The minimum absolute atomic E-state index is 0.313. The van der Waals surface area contributed by atoms with E-state index >= 15 is 0 Å². The van der Waals surface area contributed by atoms with Crippen LogP contribution in [0.3, 0.4) is 0 Å². The van der Waals surface area contributed by atoms with Crippen LogP contribution < -0.4 is 10.5 Å². The van der Waals surface area contributed by atoms with Gasteiger partial charge in [-0.05, 0) is 36.4 Å². The molecule has 0 amide bonds. The number of anilines is 1. The van der Waals surface area contributed by atoms with E-state index in [1.807, 2.05) is 84.9 Å². The Labute approximate surface area is 156 Å². The molecule has 0 saturated carbocycles. The molecular weight excluding hydrogens is 336 g/mol. The topological polar surface area (TPSA) is 76.9 Å². The molecule has 5 nitrogen and oxygen atoms in total. The van der Waals surface area contributed by atoms with Crippen LogP contribution in [0.25, 0.3) is 16.9 Å². The predicted molar refractivity (Wildman–Crippen MR) is 105 cm³/mol. The summed E-state index contributed by atoms with van der Waals surface area (Å²) in [5, 5.41) is 14.2. The Balaban J connectivity index is 1.76. The first-order chi connectivity index (χ1) is 13.3. The van der Waals surface area contributed by atoms with Gasteiger partial charge in [0.05, 0.1) is 5.69 Å². The lowest BCUT2D eigenvalue weighted by Crippen LogP contribution is -2.01. The number of nitrogen functional groups attached to an aromatic ring is 1. The molecule has 0 atom stereocenters. The van der Waals surface area contributed by atoms with Crippen molar-refractivity contribution in [3.63, 3.8) is 0 Å². The number of rotatable bonds is 4. The molecule has 0 aliphatic rings. The molecule has 0 aliphatic carbocycles. The third kappa shape index (κ3) is 3.24. The summed E-state index contributed by atoms with van der Waals surface area (Å²) < 4.78 is 7.47. The van der Waals surface area contributed by atoms with Crippen LogP contribution in [-0.4, -0.2) is 9.78 Å². The van der Waals surface area contributed by atoms with E-state index < -0.39 is 0 Å². The average molecular weight is 352 g/mol. The Kier molecular flexibility index (Phi) is 4.30. The van der Waals surface area contributed by atoms with Gasteiger partial charge in [-0.3, -0.25) is 0 Å². The summed E-state index contributed by atoms with van der Waals surface area (Å²) in [5.41, 5.74) is 8.63. The van der Waals surface area contributed by atoms with Crippen molar-refractivity contribution in [2.45, 2.75) is 0 Å². The lowest BCUT2D eigenvalue weighted by Gasteiger charge is -2.06. The second-order valence-electron chi connectivity index (χ2n) is 5.91. The van der Waals surface area contributed by atoms with E-state index in [9.17, 15) is 5.26 Å². The molecule has 2 N–H and O–H groups in total. The highest BCUT2D eigenvalue weighted by Crippen LogP contribution is 2.31. The minimum Gasteiger partial charge on any atom is -0.457 e. The van der Waals surface area contributed by atoms with E-state index in [-0.39, 0.29) is 0 Å². The zero-order valence-electron chi connectivity index (χ0n) is 14.4. The van der Waals surface area contributed by atoms with Gasteiger partial charge in [-0.15, -0.1) is 0 Å². The second kappa shape index (κ2) is 7.06. The highest BCUT2D eigenvalue weighted by atomic mass is 16.5. The van der Waals surface area contributed by atoms with E-state index in [1.54, 1.807) is 4.68 Å². The van der Waals surface area contributed by atoms with Crippen molar-refractivity contribution in [1.29, 1.82) is 5.26 Å². The number of nitrogens with two attached hydrogens (primary N) is 1. The van der Waals surface area contributed by atoms with Gasteiger partial charge < -0.3 is 10.5 Å². The molecule has 1 aromatic heterocycles. The number of ether oxygens (including phenoxy) is 1. The fourth-order valence-electron chi connectivity index (χ4n) is 2.84. The van der Waals surface area contributed by atoms with E-state index in [2.05, 4.69) is 11.2 Å². The standard InChI is InChI=1S/C22H16N4O/c23-15-20-21(25-26(22(20)24)17-9-3-1-4-10-17)16-8-7-13-19(14-16)27-18-11-5-2-6-12-18/h1-14H,24H2. The summed E-state index contributed by atoms with van der Waals surface area (Å²) in [6.07, 6.45) is 0. The Morgan fingerprint density at radius 1 is 0.852 bits per heavy atom. The molecule has 0 spiro atoms. The normalized spacial score (nSPS) is 10.3. The van der Waals surface area contributed by atoms with Crippen molar-refractivity contribution in [3.05, 3.63) is 90.5 Å². The Morgan fingerprint density at radius 2 is 1.52 bits per heavy atom. The van der Waals surface area contributed by atoms with Crippen LogP contribution in [0, 0.1) is 11.3 Å². The zero-order chi connectivity index (χ0) is 18.6. The Morgan fingerprint density at radius 3 is 2.22 bits per heavy atom. The van der Waals surface area contributed by atoms with Crippen LogP contribution >= 0.6 is 0 Å². The van der Waals surface area contributed by atoms with Crippen LogP contribution in [0.15, 0.2) is 84.9 Å². The molecular formula is C22H16N4O. The predicted octanol–water partition coefficient (Wildman–Crippen LogP) is 4.79. The molecule has 4 rings (SSSR count). The Hall–Kier alpha value is -4.04. The number of nitrogens with zero attached hydrogens (tertiary/aromatic N) is 3. The third-order valence-corrected chi connectivity index (χ3v) is 4.12. The molecule has 0 aliphatic heterocycles. The molecule has 4 aromatic rings. The van der Waals surface area contributed by atoms with Gasteiger partial charge in [0, 0.05) is 5.56 Å². The van der Waals surface area contributed by atoms with Crippen molar-refractivity contribution in [2.24, 2.45) is 0 Å².